The minimum Gasteiger partial charge on any atom is -0.361 e. The molecule has 0 N–H and O–H groups in total. The number of benzene rings is 2. The smallest absolute Gasteiger partial charge is 0.285 e. The first-order valence-electron chi connectivity index (χ1n) is 7.41. The summed E-state index contributed by atoms with van der Waals surface area (Å²) in [5.41, 5.74) is 1.87. The number of aromatic nitrogens is 1. The van der Waals surface area contributed by atoms with Gasteiger partial charge in [0.1, 0.15) is 11.5 Å². The molecule has 5 nitrogen and oxygen atoms in total. The van der Waals surface area contributed by atoms with E-state index in [9.17, 15) is 9.00 Å². The first-order chi connectivity index (χ1) is 11.8. The molecule has 1 aromatic heterocycles. The molecule has 0 saturated carbocycles. The van der Waals surface area contributed by atoms with Gasteiger partial charge in [0.25, 0.3) is 5.91 Å². The normalized spacial score (nSPS) is 13.2. The second-order valence-corrected chi connectivity index (χ2v) is 8.25. The van der Waals surface area contributed by atoms with Crippen LogP contribution in [-0.2, 0) is 9.73 Å². The lowest BCUT2D eigenvalue weighted by atomic mass is 10.1. The minimum absolute atomic E-state index is 0.354. The third kappa shape index (κ3) is 3.97. The van der Waals surface area contributed by atoms with Crippen LogP contribution in [0, 0.1) is 6.92 Å². The summed E-state index contributed by atoms with van der Waals surface area (Å²) in [6, 6.07) is 15.0. The molecule has 3 rings (SSSR count). The average molecular weight is 375 g/mol. The maximum absolute atomic E-state index is 12.7. The van der Waals surface area contributed by atoms with Gasteiger partial charge in [0, 0.05) is 33.4 Å². The predicted molar refractivity (Wildman–Crippen MR) is 97.2 cm³/mol. The molecule has 1 unspecified atom stereocenters. The maximum Gasteiger partial charge on any atom is 0.285 e. The summed E-state index contributed by atoms with van der Waals surface area (Å²) >= 11 is 5.83. The molecule has 0 saturated heterocycles. The Hall–Kier alpha value is -2.44. The van der Waals surface area contributed by atoms with Crippen LogP contribution in [0.5, 0.6) is 0 Å². The van der Waals surface area contributed by atoms with E-state index in [1.54, 1.807) is 54.6 Å². The Morgan fingerprint density at radius 3 is 2.32 bits per heavy atom. The summed E-state index contributed by atoms with van der Waals surface area (Å²) in [6.07, 6.45) is 1.43. The van der Waals surface area contributed by atoms with Gasteiger partial charge >= 0.3 is 0 Å². The number of hydrogen-bond acceptors (Lipinski definition) is 4. The molecule has 128 valence electrons. The van der Waals surface area contributed by atoms with Crippen LogP contribution in [0.1, 0.15) is 16.1 Å². The molecule has 3 aromatic rings. The molecule has 0 aliphatic heterocycles. The summed E-state index contributed by atoms with van der Waals surface area (Å²) in [5.74, 6) is 0.171. The minimum atomic E-state index is -2.84. The molecular weight excluding hydrogens is 360 g/mol. The molecular formula is C18H15ClN2O3S. The number of carbonyl (C=O) groups excluding carboxylic acids is 1. The fraction of sp³-hybridized carbons (Fsp3) is 0.111. The molecule has 1 atom stereocenters. The fourth-order valence-electron chi connectivity index (χ4n) is 2.24. The molecule has 2 aromatic carbocycles. The van der Waals surface area contributed by atoms with Crippen molar-refractivity contribution in [2.75, 3.05) is 6.26 Å². The van der Waals surface area contributed by atoms with Crippen LogP contribution < -0.4 is 0 Å². The molecule has 0 radical (unpaired) electrons. The Morgan fingerprint density at radius 1 is 1.12 bits per heavy atom. The second-order valence-electron chi connectivity index (χ2n) is 5.55. The summed E-state index contributed by atoms with van der Waals surface area (Å²) in [6.45, 7) is 1.81. The van der Waals surface area contributed by atoms with E-state index in [4.69, 9.17) is 16.1 Å². The van der Waals surface area contributed by atoms with Crippen LogP contribution in [0.25, 0.3) is 11.3 Å². The first kappa shape index (κ1) is 17.4. The number of carbonyl (C=O) groups is 1. The van der Waals surface area contributed by atoms with E-state index < -0.39 is 15.6 Å². The van der Waals surface area contributed by atoms with E-state index in [2.05, 4.69) is 9.52 Å². The van der Waals surface area contributed by atoms with Crippen LogP contribution in [0.2, 0.25) is 5.02 Å². The Morgan fingerprint density at radius 2 is 1.76 bits per heavy atom. The van der Waals surface area contributed by atoms with Gasteiger partial charge < -0.3 is 4.52 Å². The lowest BCUT2D eigenvalue weighted by Crippen LogP contribution is -2.03. The van der Waals surface area contributed by atoms with E-state index in [0.717, 1.165) is 5.56 Å². The highest BCUT2D eigenvalue weighted by molar-refractivity contribution is 7.93. The standard InChI is InChI=1S/C18H15ClN2O3S/c1-12-11-17(20-24-12)13-3-5-14(6-4-13)18(22)21-25(2,23)16-9-7-15(19)8-10-16/h3-11H,1-2H3. The van der Waals surface area contributed by atoms with E-state index in [-0.39, 0.29) is 0 Å². The Bertz CT molecular complexity index is 1030. The summed E-state index contributed by atoms with van der Waals surface area (Å²) in [5, 5.41) is 4.46. The highest BCUT2D eigenvalue weighted by atomic mass is 35.5. The molecule has 1 amide bonds. The number of halogens is 1. The van der Waals surface area contributed by atoms with Crippen molar-refractivity contribution in [2.24, 2.45) is 4.36 Å². The summed E-state index contributed by atoms with van der Waals surface area (Å²) in [4.78, 5) is 12.8. The van der Waals surface area contributed by atoms with Crippen molar-refractivity contribution in [1.29, 1.82) is 0 Å². The molecule has 25 heavy (non-hydrogen) atoms. The molecule has 1 heterocycles. The van der Waals surface area contributed by atoms with Crippen molar-refractivity contribution in [1.82, 2.24) is 5.16 Å². The van der Waals surface area contributed by atoms with E-state index >= 15 is 0 Å². The van der Waals surface area contributed by atoms with Crippen LogP contribution >= 0.6 is 11.6 Å². The van der Waals surface area contributed by atoms with Gasteiger partial charge in [-0.1, -0.05) is 28.9 Å². The zero-order valence-corrected chi connectivity index (χ0v) is 15.2. The molecule has 0 aliphatic rings. The summed E-state index contributed by atoms with van der Waals surface area (Å²) < 4.78 is 21.7. The lowest BCUT2D eigenvalue weighted by Gasteiger charge is -2.04. The first-order valence-corrected chi connectivity index (χ1v) is 9.71. The highest BCUT2D eigenvalue weighted by Crippen LogP contribution is 2.21. The number of amides is 1. The maximum atomic E-state index is 12.7. The third-order valence-electron chi connectivity index (χ3n) is 3.56. The van der Waals surface area contributed by atoms with Gasteiger partial charge in [-0.3, -0.25) is 4.79 Å². The number of nitrogens with zero attached hydrogens (tertiary/aromatic N) is 2. The van der Waals surface area contributed by atoms with Gasteiger partial charge in [-0.15, -0.1) is 0 Å². The van der Waals surface area contributed by atoms with Crippen molar-refractivity contribution in [3.63, 3.8) is 0 Å². The molecule has 0 bridgehead atoms. The molecule has 7 heteroatoms. The number of rotatable bonds is 3. The SMILES string of the molecule is Cc1cc(-c2ccc(C(=O)N=S(C)(=O)c3ccc(Cl)cc3)cc2)no1. The van der Waals surface area contributed by atoms with Gasteiger partial charge in [0.05, 0.1) is 9.73 Å². The Labute approximate surface area is 150 Å². The highest BCUT2D eigenvalue weighted by Gasteiger charge is 2.12. The lowest BCUT2D eigenvalue weighted by molar-refractivity contribution is 0.100. The number of hydrogen-bond donors (Lipinski definition) is 0. The predicted octanol–water partition coefficient (Wildman–Crippen LogP) is 4.60. The summed E-state index contributed by atoms with van der Waals surface area (Å²) in [7, 11) is -2.84. The van der Waals surface area contributed by atoms with Crippen molar-refractivity contribution < 1.29 is 13.5 Å². The topological polar surface area (TPSA) is 72.5 Å². The molecule has 0 fully saturated rings. The average Bonchev–Trinajstić information content (AvgIpc) is 3.01. The van der Waals surface area contributed by atoms with E-state index in [1.165, 1.54) is 6.26 Å². The van der Waals surface area contributed by atoms with Crippen molar-refractivity contribution in [3.8, 4) is 11.3 Å². The van der Waals surface area contributed by atoms with Crippen LogP contribution in [0.15, 0.2) is 68.4 Å². The van der Waals surface area contributed by atoms with E-state index in [0.29, 0.717) is 26.9 Å². The fourth-order valence-corrected chi connectivity index (χ4v) is 3.53. The van der Waals surface area contributed by atoms with Crippen LogP contribution in [0.4, 0.5) is 0 Å². The zero-order valence-electron chi connectivity index (χ0n) is 13.6. The van der Waals surface area contributed by atoms with Gasteiger partial charge in [0.2, 0.25) is 0 Å². The monoisotopic (exact) mass is 374 g/mol. The van der Waals surface area contributed by atoms with Crippen molar-refractivity contribution >= 4 is 27.2 Å². The van der Waals surface area contributed by atoms with Gasteiger partial charge in [0.15, 0.2) is 0 Å². The Balaban J connectivity index is 1.87. The van der Waals surface area contributed by atoms with Gasteiger partial charge in [-0.25, -0.2) is 4.21 Å². The van der Waals surface area contributed by atoms with Gasteiger partial charge in [-0.2, -0.15) is 4.36 Å². The van der Waals surface area contributed by atoms with Crippen molar-refractivity contribution in [2.45, 2.75) is 11.8 Å². The molecule has 0 spiro atoms. The largest absolute Gasteiger partial charge is 0.361 e. The zero-order chi connectivity index (χ0) is 18.0. The van der Waals surface area contributed by atoms with Crippen LogP contribution in [-0.4, -0.2) is 21.5 Å². The second kappa shape index (κ2) is 6.82. The third-order valence-corrected chi connectivity index (χ3v) is 5.48. The van der Waals surface area contributed by atoms with Crippen molar-refractivity contribution in [3.05, 3.63) is 70.9 Å². The van der Waals surface area contributed by atoms with Gasteiger partial charge in [-0.05, 0) is 43.3 Å². The van der Waals surface area contributed by atoms with Crippen LogP contribution in [0.3, 0.4) is 0 Å². The molecule has 0 aliphatic carbocycles. The number of aryl methyl sites for hydroxylation is 1. The van der Waals surface area contributed by atoms with E-state index in [1.807, 2.05) is 6.92 Å². The quantitative estimate of drug-likeness (QED) is 0.671. The Kier molecular flexibility index (Phi) is 4.74.